The first-order chi connectivity index (χ1) is 6.09. The highest BCUT2D eigenvalue weighted by atomic mass is 16.5. The molecule has 0 radical (unpaired) electrons. The Balaban J connectivity index is 2.31. The van der Waals surface area contributed by atoms with Gasteiger partial charge in [-0.05, 0) is 25.3 Å². The van der Waals surface area contributed by atoms with Gasteiger partial charge in [0.05, 0.1) is 6.54 Å². The highest BCUT2D eigenvalue weighted by molar-refractivity contribution is 5.71. The maximum atomic E-state index is 10.7. The fourth-order valence-corrected chi connectivity index (χ4v) is 1.70. The number of piperidine rings is 1. The van der Waals surface area contributed by atoms with Gasteiger partial charge in [-0.2, -0.15) is 0 Å². The van der Waals surface area contributed by atoms with Gasteiger partial charge in [-0.25, -0.2) is 5.06 Å². The third-order valence-corrected chi connectivity index (χ3v) is 2.51. The van der Waals surface area contributed by atoms with Crippen molar-refractivity contribution in [1.82, 2.24) is 10.4 Å². The summed E-state index contributed by atoms with van der Waals surface area (Å²) in [5.74, 6) is 0.395. The first-order valence-electron chi connectivity index (χ1n) is 4.80. The SMILES string of the molecule is CC(=O)N(O)C[C@H]1C[C@H](C)CCN1. The van der Waals surface area contributed by atoms with Crippen LogP contribution in [0.25, 0.3) is 0 Å². The fraction of sp³-hybridized carbons (Fsp3) is 0.889. The molecule has 1 amide bonds. The van der Waals surface area contributed by atoms with Gasteiger partial charge in [-0.1, -0.05) is 6.92 Å². The van der Waals surface area contributed by atoms with E-state index < -0.39 is 0 Å². The normalized spacial score (nSPS) is 28.5. The summed E-state index contributed by atoms with van der Waals surface area (Å²) in [6.07, 6.45) is 2.21. The predicted molar refractivity (Wildman–Crippen MR) is 49.4 cm³/mol. The third kappa shape index (κ3) is 3.32. The van der Waals surface area contributed by atoms with E-state index in [0.29, 0.717) is 12.5 Å². The van der Waals surface area contributed by atoms with Crippen molar-refractivity contribution in [3.63, 3.8) is 0 Å². The van der Waals surface area contributed by atoms with Crippen LogP contribution in [0.5, 0.6) is 0 Å². The van der Waals surface area contributed by atoms with Crippen molar-refractivity contribution in [3.8, 4) is 0 Å². The lowest BCUT2D eigenvalue weighted by Crippen LogP contribution is -2.45. The molecule has 76 valence electrons. The Labute approximate surface area is 78.9 Å². The van der Waals surface area contributed by atoms with Crippen molar-refractivity contribution in [2.24, 2.45) is 5.92 Å². The third-order valence-electron chi connectivity index (χ3n) is 2.51. The van der Waals surface area contributed by atoms with Gasteiger partial charge in [0, 0.05) is 13.0 Å². The van der Waals surface area contributed by atoms with Crippen LogP contribution in [0, 0.1) is 5.92 Å². The Hall–Kier alpha value is -0.610. The summed E-state index contributed by atoms with van der Waals surface area (Å²) in [6.45, 7) is 4.95. The maximum Gasteiger partial charge on any atom is 0.242 e. The second-order valence-electron chi connectivity index (χ2n) is 3.88. The lowest BCUT2D eigenvalue weighted by atomic mass is 9.94. The molecule has 0 aromatic rings. The summed E-state index contributed by atoms with van der Waals surface area (Å²) in [6, 6.07) is 0.248. The largest absolute Gasteiger partial charge is 0.312 e. The van der Waals surface area contributed by atoms with Gasteiger partial charge in [-0.15, -0.1) is 0 Å². The van der Waals surface area contributed by atoms with E-state index in [0.717, 1.165) is 18.0 Å². The van der Waals surface area contributed by atoms with Crippen LogP contribution in [0.15, 0.2) is 0 Å². The first-order valence-corrected chi connectivity index (χ1v) is 4.80. The summed E-state index contributed by atoms with van der Waals surface area (Å²) < 4.78 is 0. The number of nitrogens with zero attached hydrogens (tertiary/aromatic N) is 1. The van der Waals surface area contributed by atoms with Crippen LogP contribution < -0.4 is 5.32 Å². The van der Waals surface area contributed by atoms with Crippen molar-refractivity contribution in [2.45, 2.75) is 32.7 Å². The molecule has 0 unspecified atom stereocenters. The fourth-order valence-electron chi connectivity index (χ4n) is 1.70. The van der Waals surface area contributed by atoms with Crippen LogP contribution in [0.4, 0.5) is 0 Å². The molecule has 1 saturated heterocycles. The zero-order valence-corrected chi connectivity index (χ0v) is 8.29. The van der Waals surface area contributed by atoms with E-state index >= 15 is 0 Å². The smallest absolute Gasteiger partial charge is 0.242 e. The van der Waals surface area contributed by atoms with Crippen molar-refractivity contribution in [1.29, 1.82) is 0 Å². The Morgan fingerprint density at radius 3 is 2.92 bits per heavy atom. The number of hydroxylamine groups is 2. The summed E-state index contributed by atoms with van der Waals surface area (Å²) in [7, 11) is 0. The number of hydrogen-bond acceptors (Lipinski definition) is 3. The monoisotopic (exact) mass is 186 g/mol. The second-order valence-corrected chi connectivity index (χ2v) is 3.88. The summed E-state index contributed by atoms with van der Waals surface area (Å²) in [4.78, 5) is 10.7. The summed E-state index contributed by atoms with van der Waals surface area (Å²) in [5.41, 5.74) is 0. The van der Waals surface area contributed by atoms with Crippen molar-refractivity contribution in [2.75, 3.05) is 13.1 Å². The number of carbonyl (C=O) groups excluding carboxylic acids is 1. The predicted octanol–water partition coefficient (Wildman–Crippen LogP) is 0.612. The molecular formula is C9H18N2O2. The lowest BCUT2D eigenvalue weighted by Gasteiger charge is -2.30. The van der Waals surface area contributed by atoms with Crippen LogP contribution in [-0.2, 0) is 4.79 Å². The van der Waals surface area contributed by atoms with E-state index in [1.807, 2.05) is 0 Å². The molecule has 0 saturated carbocycles. The number of amides is 1. The highest BCUT2D eigenvalue weighted by Gasteiger charge is 2.20. The van der Waals surface area contributed by atoms with E-state index in [9.17, 15) is 10.0 Å². The Morgan fingerprint density at radius 2 is 2.38 bits per heavy atom. The van der Waals surface area contributed by atoms with Crippen molar-refractivity contribution in [3.05, 3.63) is 0 Å². The van der Waals surface area contributed by atoms with E-state index in [-0.39, 0.29) is 11.9 Å². The molecule has 2 atom stereocenters. The average Bonchev–Trinajstić information content (AvgIpc) is 2.04. The Kier molecular flexibility index (Phi) is 3.69. The van der Waals surface area contributed by atoms with Gasteiger partial charge in [0.15, 0.2) is 0 Å². The summed E-state index contributed by atoms with van der Waals surface area (Å²) in [5, 5.41) is 13.3. The van der Waals surface area contributed by atoms with Crippen molar-refractivity contribution >= 4 is 5.91 Å². The van der Waals surface area contributed by atoms with Crippen LogP contribution >= 0.6 is 0 Å². The zero-order chi connectivity index (χ0) is 9.84. The molecule has 1 rings (SSSR count). The number of carbonyl (C=O) groups is 1. The molecule has 1 fully saturated rings. The quantitative estimate of drug-likeness (QED) is 0.491. The van der Waals surface area contributed by atoms with Crippen LogP contribution in [0.3, 0.4) is 0 Å². The van der Waals surface area contributed by atoms with Crippen LogP contribution in [-0.4, -0.2) is 35.3 Å². The van der Waals surface area contributed by atoms with Gasteiger partial charge >= 0.3 is 0 Å². The molecule has 0 aromatic heterocycles. The molecule has 0 spiro atoms. The highest BCUT2D eigenvalue weighted by Crippen LogP contribution is 2.15. The zero-order valence-electron chi connectivity index (χ0n) is 8.29. The molecule has 4 nitrogen and oxygen atoms in total. The number of rotatable bonds is 2. The molecule has 1 heterocycles. The van der Waals surface area contributed by atoms with Gasteiger partial charge in [0.1, 0.15) is 0 Å². The molecular weight excluding hydrogens is 168 g/mol. The van der Waals surface area contributed by atoms with E-state index in [2.05, 4.69) is 12.2 Å². The minimum atomic E-state index is -0.292. The van der Waals surface area contributed by atoms with Crippen LogP contribution in [0.2, 0.25) is 0 Å². The molecule has 13 heavy (non-hydrogen) atoms. The Bertz CT molecular complexity index is 184. The topological polar surface area (TPSA) is 52.6 Å². The Morgan fingerprint density at radius 1 is 1.69 bits per heavy atom. The number of nitrogens with one attached hydrogen (secondary N) is 1. The molecule has 0 bridgehead atoms. The standard InChI is InChI=1S/C9H18N2O2/c1-7-3-4-10-9(5-7)6-11(13)8(2)12/h7,9-10,13H,3-6H2,1-2H3/t7-,9-/m1/s1. The van der Waals surface area contributed by atoms with E-state index in [4.69, 9.17) is 0 Å². The van der Waals surface area contributed by atoms with E-state index in [1.54, 1.807) is 0 Å². The molecule has 0 aliphatic carbocycles. The maximum absolute atomic E-state index is 10.7. The van der Waals surface area contributed by atoms with Gasteiger partial charge in [0.25, 0.3) is 0 Å². The average molecular weight is 186 g/mol. The van der Waals surface area contributed by atoms with Gasteiger partial charge < -0.3 is 5.32 Å². The molecule has 1 aliphatic rings. The summed E-state index contributed by atoms with van der Waals surface area (Å²) >= 11 is 0. The van der Waals surface area contributed by atoms with Crippen LogP contribution in [0.1, 0.15) is 26.7 Å². The molecule has 4 heteroatoms. The molecule has 2 N–H and O–H groups in total. The second kappa shape index (κ2) is 4.58. The minimum absolute atomic E-state index is 0.248. The lowest BCUT2D eigenvalue weighted by molar-refractivity contribution is -0.164. The van der Waals surface area contributed by atoms with Crippen molar-refractivity contribution < 1.29 is 10.0 Å². The van der Waals surface area contributed by atoms with Gasteiger partial charge in [0.2, 0.25) is 5.91 Å². The molecule has 0 aromatic carbocycles. The first kappa shape index (κ1) is 10.5. The van der Waals surface area contributed by atoms with E-state index in [1.165, 1.54) is 13.3 Å². The van der Waals surface area contributed by atoms with Gasteiger partial charge in [-0.3, -0.25) is 10.0 Å². The number of hydrogen-bond donors (Lipinski definition) is 2. The minimum Gasteiger partial charge on any atom is -0.312 e. The molecule has 1 aliphatic heterocycles.